The molecular formula is C3H7Cl3STi. The first kappa shape index (κ1) is 12.6. The van der Waals surface area contributed by atoms with Crippen molar-refractivity contribution in [2.24, 2.45) is 0 Å². The molecule has 0 radical (unpaired) electrons. The van der Waals surface area contributed by atoms with Crippen LogP contribution in [0.1, 0.15) is 13.3 Å². The first-order chi connectivity index (χ1) is 3.65. The van der Waals surface area contributed by atoms with Crippen LogP contribution in [0.2, 0.25) is 0 Å². The molecule has 0 aromatic rings. The van der Waals surface area contributed by atoms with Crippen LogP contribution < -0.4 is 0 Å². The molecule has 0 saturated heterocycles. The predicted octanol–water partition coefficient (Wildman–Crippen LogP) is 3.55. The summed E-state index contributed by atoms with van der Waals surface area (Å²) in [5.41, 5.74) is 0. The Bertz CT molecular complexity index is 31.0. The van der Waals surface area contributed by atoms with E-state index >= 15 is 0 Å². The molecule has 0 aliphatic rings. The molecule has 0 N–H and O–H groups in total. The Hall–Kier alpha value is 1.93. The molecule has 0 rings (SSSR count). The Kier molecular flexibility index (Phi) is 18.4. The van der Waals surface area contributed by atoms with Crippen LogP contribution in [0.4, 0.5) is 0 Å². The third-order valence-corrected chi connectivity index (χ3v) is 0.548. The Balaban J connectivity index is 0. The van der Waals surface area contributed by atoms with Crippen LogP contribution in [0.3, 0.4) is 0 Å². The van der Waals surface area contributed by atoms with Gasteiger partial charge >= 0.3 is 42.6 Å². The van der Waals surface area contributed by atoms with Gasteiger partial charge in [0.1, 0.15) is 0 Å². The molecule has 8 heavy (non-hydrogen) atoms. The standard InChI is InChI=1S/C3H7S.3ClH.Ti/c1-2-3-4;;;;/h3-4H,2H2,1H3;3*1H;/q-1;;;;+4/p-3. The minimum atomic E-state index is -1.92. The number of rotatable bonds is 1. The van der Waals surface area contributed by atoms with Crippen molar-refractivity contribution in [2.75, 3.05) is 0 Å². The molecule has 0 heterocycles. The zero-order valence-electron chi connectivity index (χ0n) is 4.37. The summed E-state index contributed by atoms with van der Waals surface area (Å²) in [6, 6.07) is 0. The minimum absolute atomic E-state index is 1.06. The summed E-state index contributed by atoms with van der Waals surface area (Å²) in [5.74, 6) is 1.82. The molecular weight excluding hydrogens is 222 g/mol. The van der Waals surface area contributed by atoms with Gasteiger partial charge in [-0.15, -0.1) is 0 Å². The molecule has 0 spiro atoms. The van der Waals surface area contributed by atoms with Crippen molar-refractivity contribution in [3.8, 4) is 0 Å². The van der Waals surface area contributed by atoms with Gasteiger partial charge in [-0.25, -0.2) is 0 Å². The summed E-state index contributed by atoms with van der Waals surface area (Å²) in [7, 11) is 14.9. The van der Waals surface area contributed by atoms with E-state index in [-0.39, 0.29) is 0 Å². The van der Waals surface area contributed by atoms with Gasteiger partial charge in [0.25, 0.3) is 0 Å². The first-order valence-corrected chi connectivity index (χ1v) is 8.90. The molecule has 0 saturated carbocycles. The third-order valence-electron chi connectivity index (χ3n) is 0.183. The molecule has 0 nitrogen and oxygen atoms in total. The Morgan fingerprint density at radius 1 is 1.50 bits per heavy atom. The SMILES string of the molecule is CC[CH-]S.[Cl][Ti+]([Cl])[Cl]. The van der Waals surface area contributed by atoms with E-state index in [1.807, 2.05) is 12.7 Å². The fraction of sp³-hybridized carbons (Fsp3) is 0.667. The molecule has 0 aliphatic carbocycles. The molecule has 0 atom stereocenters. The Morgan fingerprint density at radius 2 is 1.62 bits per heavy atom. The monoisotopic (exact) mass is 228 g/mol. The van der Waals surface area contributed by atoms with E-state index in [0.717, 1.165) is 6.42 Å². The van der Waals surface area contributed by atoms with Gasteiger partial charge in [0, 0.05) is 0 Å². The number of halogens is 3. The average Bonchev–Trinajstić information content (AvgIpc) is 1.65. The fourth-order valence-electron chi connectivity index (χ4n) is 0. The molecule has 0 bridgehead atoms. The van der Waals surface area contributed by atoms with E-state index in [9.17, 15) is 0 Å². The van der Waals surface area contributed by atoms with E-state index in [4.69, 9.17) is 27.9 Å². The maximum absolute atomic E-state index is 4.97. The van der Waals surface area contributed by atoms with Crippen LogP contribution in [0.25, 0.3) is 0 Å². The van der Waals surface area contributed by atoms with Gasteiger partial charge < -0.3 is 12.6 Å². The summed E-state index contributed by atoms with van der Waals surface area (Å²) in [5, 5.41) is 0. The van der Waals surface area contributed by atoms with Crippen molar-refractivity contribution in [2.45, 2.75) is 13.3 Å². The molecule has 0 fully saturated rings. The molecule has 50 valence electrons. The summed E-state index contributed by atoms with van der Waals surface area (Å²) < 4.78 is 0. The van der Waals surface area contributed by atoms with Crippen molar-refractivity contribution in [3.63, 3.8) is 0 Å². The van der Waals surface area contributed by atoms with Gasteiger partial charge in [0.05, 0.1) is 0 Å². The van der Waals surface area contributed by atoms with E-state index in [0.29, 0.717) is 0 Å². The van der Waals surface area contributed by atoms with Gasteiger partial charge in [0.2, 0.25) is 0 Å². The van der Waals surface area contributed by atoms with Gasteiger partial charge in [-0.2, -0.15) is 6.42 Å². The van der Waals surface area contributed by atoms with Crippen LogP contribution in [0.15, 0.2) is 0 Å². The zero-order valence-corrected chi connectivity index (χ0v) is 9.09. The van der Waals surface area contributed by atoms with E-state index < -0.39 is 14.7 Å². The Labute approximate surface area is 73.8 Å². The first-order valence-electron chi connectivity index (χ1n) is 1.94. The molecule has 0 aliphatic heterocycles. The average molecular weight is 229 g/mol. The second-order valence-corrected chi connectivity index (χ2v) is 8.91. The van der Waals surface area contributed by atoms with Crippen LogP contribution in [0.5, 0.6) is 0 Å². The van der Waals surface area contributed by atoms with Crippen molar-refractivity contribution in [3.05, 3.63) is 5.75 Å². The summed E-state index contributed by atoms with van der Waals surface area (Å²) in [4.78, 5) is 0. The molecule has 0 aromatic heterocycles. The van der Waals surface area contributed by atoms with Gasteiger partial charge in [-0.1, -0.05) is 6.92 Å². The normalized spacial score (nSPS) is 7.12. The predicted molar refractivity (Wildman–Crippen MR) is 41.1 cm³/mol. The van der Waals surface area contributed by atoms with Crippen LogP contribution in [-0.4, -0.2) is 0 Å². The van der Waals surface area contributed by atoms with E-state index in [1.54, 1.807) is 0 Å². The molecule has 0 aromatic carbocycles. The maximum atomic E-state index is 4.97. The van der Waals surface area contributed by atoms with E-state index in [1.165, 1.54) is 0 Å². The molecule has 0 unspecified atom stereocenters. The summed E-state index contributed by atoms with van der Waals surface area (Å²) >= 11 is 1.88. The van der Waals surface area contributed by atoms with Crippen LogP contribution >= 0.6 is 40.5 Å². The second kappa shape index (κ2) is 11.7. The van der Waals surface area contributed by atoms with Gasteiger partial charge in [-0.05, 0) is 0 Å². The topological polar surface area (TPSA) is 0 Å². The van der Waals surface area contributed by atoms with Crippen molar-refractivity contribution in [1.82, 2.24) is 0 Å². The molecule has 5 heteroatoms. The second-order valence-electron chi connectivity index (χ2n) is 0.805. The van der Waals surface area contributed by atoms with Crippen molar-refractivity contribution in [1.29, 1.82) is 0 Å². The van der Waals surface area contributed by atoms with Crippen LogP contribution in [0, 0.1) is 5.75 Å². The van der Waals surface area contributed by atoms with Crippen molar-refractivity contribution >= 4 is 40.5 Å². The number of hydrogen-bond acceptors (Lipinski definition) is 1. The zero-order chi connectivity index (χ0) is 6.99. The summed E-state index contributed by atoms with van der Waals surface area (Å²) in [6.07, 6.45) is 1.06. The Morgan fingerprint density at radius 3 is 1.62 bits per heavy atom. The summed E-state index contributed by atoms with van der Waals surface area (Å²) in [6.45, 7) is 2.05. The number of hydrogen-bond donors (Lipinski definition) is 1. The van der Waals surface area contributed by atoms with Gasteiger partial charge in [-0.3, -0.25) is 5.75 Å². The van der Waals surface area contributed by atoms with Crippen LogP contribution in [-0.2, 0) is 14.7 Å². The quantitative estimate of drug-likeness (QED) is 0.397. The molecule has 0 amide bonds. The number of thiol groups is 1. The third kappa shape index (κ3) is 44.3. The fourth-order valence-corrected chi connectivity index (χ4v) is 0. The van der Waals surface area contributed by atoms with Gasteiger partial charge in [0.15, 0.2) is 0 Å². The van der Waals surface area contributed by atoms with E-state index in [2.05, 4.69) is 12.6 Å². The van der Waals surface area contributed by atoms with Crippen molar-refractivity contribution < 1.29 is 14.7 Å².